The standard InChI is InChI=1S/C12H17N3O4/c16-10(7-15-5-2-4-13-15)14-11(12(17)18)9-3-1-6-19-8-9/h2,4-5,9,11H,1,3,6-8H2,(H,14,16)(H,17,18). The zero-order chi connectivity index (χ0) is 13.7. The van der Waals surface area contributed by atoms with Gasteiger partial charge in [0.15, 0.2) is 0 Å². The third-order valence-electron chi connectivity index (χ3n) is 3.11. The highest BCUT2D eigenvalue weighted by Gasteiger charge is 2.31. The number of rotatable bonds is 5. The van der Waals surface area contributed by atoms with Crippen LogP contribution in [0.1, 0.15) is 12.8 Å². The van der Waals surface area contributed by atoms with Crippen LogP contribution in [0.5, 0.6) is 0 Å². The number of nitrogens with zero attached hydrogens (tertiary/aromatic N) is 2. The molecule has 7 nitrogen and oxygen atoms in total. The van der Waals surface area contributed by atoms with Crippen molar-refractivity contribution in [3.63, 3.8) is 0 Å². The Bertz CT molecular complexity index is 426. The number of carbonyl (C=O) groups is 2. The van der Waals surface area contributed by atoms with Crippen molar-refractivity contribution in [2.45, 2.75) is 25.4 Å². The monoisotopic (exact) mass is 267 g/mol. The molecule has 0 aliphatic carbocycles. The number of carbonyl (C=O) groups excluding carboxylic acids is 1. The first kappa shape index (κ1) is 13.5. The van der Waals surface area contributed by atoms with Crippen LogP contribution in [0.15, 0.2) is 18.5 Å². The predicted octanol–water partition coefficient (Wildman–Crippen LogP) is -0.121. The van der Waals surface area contributed by atoms with E-state index in [-0.39, 0.29) is 18.4 Å². The summed E-state index contributed by atoms with van der Waals surface area (Å²) >= 11 is 0. The summed E-state index contributed by atoms with van der Waals surface area (Å²) in [6.07, 6.45) is 4.79. The molecule has 104 valence electrons. The Morgan fingerprint density at radius 2 is 2.42 bits per heavy atom. The van der Waals surface area contributed by atoms with Gasteiger partial charge in [0.05, 0.1) is 6.61 Å². The Morgan fingerprint density at radius 3 is 3.00 bits per heavy atom. The van der Waals surface area contributed by atoms with Crippen molar-refractivity contribution >= 4 is 11.9 Å². The van der Waals surface area contributed by atoms with Crippen molar-refractivity contribution in [2.24, 2.45) is 5.92 Å². The first-order valence-corrected chi connectivity index (χ1v) is 6.24. The Labute approximate surface area is 110 Å². The molecule has 0 aromatic carbocycles. The summed E-state index contributed by atoms with van der Waals surface area (Å²) in [5.74, 6) is -1.56. The Kier molecular flexibility index (Phi) is 4.51. The van der Waals surface area contributed by atoms with Crippen LogP contribution in [-0.4, -0.2) is 46.0 Å². The lowest BCUT2D eigenvalue weighted by atomic mass is 9.93. The molecule has 0 radical (unpaired) electrons. The molecule has 1 aromatic heterocycles. The molecule has 2 unspecified atom stereocenters. The van der Waals surface area contributed by atoms with Gasteiger partial charge in [-0.1, -0.05) is 0 Å². The molecular weight excluding hydrogens is 250 g/mol. The van der Waals surface area contributed by atoms with Gasteiger partial charge < -0.3 is 15.2 Å². The van der Waals surface area contributed by atoms with Gasteiger partial charge in [0.2, 0.25) is 5.91 Å². The molecule has 2 heterocycles. The van der Waals surface area contributed by atoms with Crippen LogP contribution in [0.4, 0.5) is 0 Å². The summed E-state index contributed by atoms with van der Waals surface area (Å²) < 4.78 is 6.72. The molecule has 0 bridgehead atoms. The average molecular weight is 267 g/mol. The molecular formula is C12H17N3O4. The molecule has 1 saturated heterocycles. The lowest BCUT2D eigenvalue weighted by molar-refractivity contribution is -0.145. The number of carboxylic acids is 1. The second-order valence-electron chi connectivity index (χ2n) is 4.56. The second kappa shape index (κ2) is 6.33. The smallest absolute Gasteiger partial charge is 0.326 e. The number of nitrogens with one attached hydrogen (secondary N) is 1. The third-order valence-corrected chi connectivity index (χ3v) is 3.11. The molecule has 1 amide bonds. The van der Waals surface area contributed by atoms with Crippen molar-refractivity contribution in [3.05, 3.63) is 18.5 Å². The molecule has 2 rings (SSSR count). The van der Waals surface area contributed by atoms with E-state index >= 15 is 0 Å². The highest BCUT2D eigenvalue weighted by molar-refractivity contribution is 5.83. The first-order valence-electron chi connectivity index (χ1n) is 6.24. The van der Waals surface area contributed by atoms with Crippen LogP contribution in [0.25, 0.3) is 0 Å². The van der Waals surface area contributed by atoms with Gasteiger partial charge in [0, 0.05) is 24.9 Å². The number of ether oxygens (including phenoxy) is 1. The summed E-state index contributed by atoms with van der Waals surface area (Å²) in [6.45, 7) is 1.05. The quantitative estimate of drug-likeness (QED) is 0.775. The minimum Gasteiger partial charge on any atom is -0.480 e. The molecule has 1 aliphatic rings. The van der Waals surface area contributed by atoms with Gasteiger partial charge in [0.1, 0.15) is 12.6 Å². The molecule has 1 aromatic rings. The molecule has 1 fully saturated rings. The van der Waals surface area contributed by atoms with Crippen LogP contribution < -0.4 is 5.32 Å². The second-order valence-corrected chi connectivity index (χ2v) is 4.56. The van der Waals surface area contributed by atoms with E-state index in [9.17, 15) is 14.7 Å². The normalized spacial score (nSPS) is 20.7. The number of aliphatic carboxylic acids is 1. The highest BCUT2D eigenvalue weighted by Crippen LogP contribution is 2.17. The summed E-state index contributed by atoms with van der Waals surface area (Å²) in [5, 5.41) is 15.7. The molecule has 0 spiro atoms. The zero-order valence-corrected chi connectivity index (χ0v) is 10.5. The van der Waals surface area contributed by atoms with E-state index in [1.54, 1.807) is 18.5 Å². The highest BCUT2D eigenvalue weighted by atomic mass is 16.5. The van der Waals surface area contributed by atoms with E-state index in [0.29, 0.717) is 13.2 Å². The summed E-state index contributed by atoms with van der Waals surface area (Å²) in [7, 11) is 0. The fourth-order valence-electron chi connectivity index (χ4n) is 2.17. The van der Waals surface area contributed by atoms with Gasteiger partial charge in [-0.3, -0.25) is 9.48 Å². The number of hydrogen-bond donors (Lipinski definition) is 2. The molecule has 2 N–H and O–H groups in total. The zero-order valence-electron chi connectivity index (χ0n) is 10.5. The number of carboxylic acid groups (broad SMARTS) is 1. The van der Waals surface area contributed by atoms with E-state index in [1.807, 2.05) is 0 Å². The van der Waals surface area contributed by atoms with Crippen molar-refractivity contribution in [1.29, 1.82) is 0 Å². The maximum Gasteiger partial charge on any atom is 0.326 e. The molecule has 0 saturated carbocycles. The SMILES string of the molecule is O=C(Cn1cccn1)NC(C(=O)O)C1CCCOC1. The maximum atomic E-state index is 11.8. The van der Waals surface area contributed by atoms with Crippen LogP contribution in [0.2, 0.25) is 0 Å². The summed E-state index contributed by atoms with van der Waals surface area (Å²) in [6, 6.07) is 0.806. The minimum absolute atomic E-state index is 0.0182. The minimum atomic E-state index is -1.02. The van der Waals surface area contributed by atoms with Crippen LogP contribution >= 0.6 is 0 Å². The summed E-state index contributed by atoms with van der Waals surface area (Å²) in [5.41, 5.74) is 0. The largest absolute Gasteiger partial charge is 0.480 e. The van der Waals surface area contributed by atoms with Gasteiger partial charge >= 0.3 is 5.97 Å². The Balaban J connectivity index is 1.92. The van der Waals surface area contributed by atoms with Gasteiger partial charge in [-0.2, -0.15) is 5.10 Å². The molecule has 19 heavy (non-hydrogen) atoms. The average Bonchev–Trinajstić information content (AvgIpc) is 2.89. The van der Waals surface area contributed by atoms with Crippen LogP contribution in [-0.2, 0) is 20.9 Å². The lowest BCUT2D eigenvalue weighted by Gasteiger charge is -2.28. The fourth-order valence-corrected chi connectivity index (χ4v) is 2.17. The fraction of sp³-hybridized carbons (Fsp3) is 0.583. The van der Waals surface area contributed by atoms with E-state index < -0.39 is 12.0 Å². The third kappa shape index (κ3) is 3.78. The number of hydrogen-bond acceptors (Lipinski definition) is 4. The molecule has 7 heteroatoms. The van der Waals surface area contributed by atoms with Crippen LogP contribution in [0.3, 0.4) is 0 Å². The topological polar surface area (TPSA) is 93.5 Å². The molecule has 1 aliphatic heterocycles. The van der Waals surface area contributed by atoms with E-state index in [2.05, 4.69) is 10.4 Å². The van der Waals surface area contributed by atoms with Crippen molar-refractivity contribution < 1.29 is 19.4 Å². The maximum absolute atomic E-state index is 11.8. The van der Waals surface area contributed by atoms with Gasteiger partial charge in [-0.05, 0) is 18.9 Å². The van der Waals surface area contributed by atoms with Crippen molar-refractivity contribution in [2.75, 3.05) is 13.2 Å². The van der Waals surface area contributed by atoms with Crippen LogP contribution in [0, 0.1) is 5.92 Å². The lowest BCUT2D eigenvalue weighted by Crippen LogP contribution is -2.49. The first-order chi connectivity index (χ1) is 9.16. The number of amides is 1. The van der Waals surface area contributed by atoms with Gasteiger partial charge in [0.25, 0.3) is 0 Å². The van der Waals surface area contributed by atoms with Gasteiger partial charge in [-0.25, -0.2) is 4.79 Å². The van der Waals surface area contributed by atoms with Crippen molar-refractivity contribution in [1.82, 2.24) is 15.1 Å². The van der Waals surface area contributed by atoms with E-state index in [4.69, 9.17) is 4.74 Å². The van der Waals surface area contributed by atoms with Gasteiger partial charge in [-0.15, -0.1) is 0 Å². The summed E-state index contributed by atoms with van der Waals surface area (Å²) in [4.78, 5) is 23.0. The Hall–Kier alpha value is -1.89. The van der Waals surface area contributed by atoms with E-state index in [1.165, 1.54) is 4.68 Å². The predicted molar refractivity (Wildman–Crippen MR) is 65.3 cm³/mol. The molecule has 2 atom stereocenters. The Morgan fingerprint density at radius 1 is 1.58 bits per heavy atom. The number of aromatic nitrogens is 2. The van der Waals surface area contributed by atoms with Crippen molar-refractivity contribution in [3.8, 4) is 0 Å². The van der Waals surface area contributed by atoms with E-state index in [0.717, 1.165) is 12.8 Å².